The van der Waals surface area contributed by atoms with Gasteiger partial charge >= 0.3 is 0 Å². The van der Waals surface area contributed by atoms with E-state index < -0.39 is 0 Å². The van der Waals surface area contributed by atoms with Gasteiger partial charge in [-0.3, -0.25) is 10.1 Å². The first-order valence-electron chi connectivity index (χ1n) is 7.05. The number of amides is 1. The van der Waals surface area contributed by atoms with Crippen molar-refractivity contribution < 1.29 is 4.79 Å². The average Bonchev–Trinajstić information content (AvgIpc) is 3.04. The van der Waals surface area contributed by atoms with Gasteiger partial charge in [-0.2, -0.15) is 5.10 Å². The molecule has 1 amide bonds. The van der Waals surface area contributed by atoms with E-state index in [4.69, 9.17) is 11.6 Å². The molecule has 0 saturated heterocycles. The van der Waals surface area contributed by atoms with Crippen LogP contribution in [0.4, 0.5) is 5.13 Å². The largest absolute Gasteiger partial charge is 0.298 e. The second-order valence-corrected chi connectivity index (χ2v) is 6.72. The number of aryl methyl sites for hydroxylation is 2. The van der Waals surface area contributed by atoms with Crippen molar-refractivity contribution in [1.29, 1.82) is 0 Å². The molecule has 0 aliphatic heterocycles. The van der Waals surface area contributed by atoms with E-state index in [-0.39, 0.29) is 5.91 Å². The Labute approximate surface area is 142 Å². The molecule has 0 aliphatic carbocycles. The predicted octanol–water partition coefficient (Wildman–Crippen LogP) is 3.91. The molecule has 0 unspecified atom stereocenters. The van der Waals surface area contributed by atoms with Crippen LogP contribution in [0.15, 0.2) is 36.5 Å². The lowest BCUT2D eigenvalue weighted by Crippen LogP contribution is -2.13. The minimum atomic E-state index is -0.291. The molecule has 5 nitrogen and oxygen atoms in total. The van der Waals surface area contributed by atoms with Gasteiger partial charge in [0.1, 0.15) is 5.15 Å². The van der Waals surface area contributed by atoms with Gasteiger partial charge in [-0.15, -0.1) is 11.3 Å². The third-order valence-corrected chi connectivity index (χ3v) is 4.52. The molecule has 0 atom stereocenters. The van der Waals surface area contributed by atoms with Crippen LogP contribution in [0.2, 0.25) is 5.15 Å². The van der Waals surface area contributed by atoms with Crippen LogP contribution in [0.1, 0.15) is 26.5 Å². The summed E-state index contributed by atoms with van der Waals surface area (Å²) in [6.07, 6.45) is 1.72. The zero-order valence-electron chi connectivity index (χ0n) is 12.7. The van der Waals surface area contributed by atoms with E-state index in [9.17, 15) is 4.79 Å². The number of hydrogen-bond donors (Lipinski definition) is 1. The summed E-state index contributed by atoms with van der Waals surface area (Å²) < 4.78 is 1.63. The highest BCUT2D eigenvalue weighted by molar-refractivity contribution is 7.15. The van der Waals surface area contributed by atoms with Crippen LogP contribution < -0.4 is 5.32 Å². The molecule has 1 N–H and O–H groups in total. The van der Waals surface area contributed by atoms with Crippen LogP contribution in [0.3, 0.4) is 0 Å². The number of nitrogens with zero attached hydrogens (tertiary/aromatic N) is 3. The Bertz CT molecular complexity index is 841. The topological polar surface area (TPSA) is 59.8 Å². The van der Waals surface area contributed by atoms with E-state index in [2.05, 4.69) is 15.4 Å². The molecular formula is C16H15ClN4OS. The summed E-state index contributed by atoms with van der Waals surface area (Å²) in [4.78, 5) is 17.6. The Hall–Kier alpha value is -2.18. The number of hydrogen-bond acceptors (Lipinski definition) is 4. The van der Waals surface area contributed by atoms with Gasteiger partial charge in [0.2, 0.25) is 0 Å². The number of carbonyl (C=O) groups is 1. The fraction of sp³-hybridized carbons (Fsp3) is 0.188. The molecule has 2 heterocycles. The van der Waals surface area contributed by atoms with Crippen molar-refractivity contribution in [3.05, 3.63) is 63.4 Å². The van der Waals surface area contributed by atoms with Crippen molar-refractivity contribution in [2.24, 2.45) is 0 Å². The first kappa shape index (κ1) is 15.7. The summed E-state index contributed by atoms with van der Waals surface area (Å²) in [6, 6.07) is 9.85. The molecule has 118 valence electrons. The number of anilines is 1. The first-order chi connectivity index (χ1) is 11.0. The van der Waals surface area contributed by atoms with Crippen LogP contribution in [-0.2, 0) is 6.54 Å². The van der Waals surface area contributed by atoms with Gasteiger partial charge in [0.25, 0.3) is 5.91 Å². The minimum Gasteiger partial charge on any atom is -0.298 e. The summed E-state index contributed by atoms with van der Waals surface area (Å²) in [5.74, 6) is -0.291. The average molecular weight is 347 g/mol. The molecule has 0 aliphatic rings. The number of nitrogens with one attached hydrogen (secondary N) is 1. The number of rotatable bonds is 4. The molecule has 0 radical (unpaired) electrons. The van der Waals surface area contributed by atoms with Gasteiger partial charge in [-0.25, -0.2) is 9.67 Å². The highest BCUT2D eigenvalue weighted by Crippen LogP contribution is 2.23. The molecule has 23 heavy (non-hydrogen) atoms. The van der Waals surface area contributed by atoms with Gasteiger partial charge in [0.15, 0.2) is 5.13 Å². The molecule has 0 fully saturated rings. The third kappa shape index (κ3) is 3.43. The lowest BCUT2D eigenvalue weighted by Gasteiger charge is -2.04. The summed E-state index contributed by atoms with van der Waals surface area (Å²) >= 11 is 7.79. The SMILES string of the molecule is Cc1cnc(NC(=O)c2c(C)nn(Cc3ccccc3)c2Cl)s1. The standard InChI is InChI=1S/C16H15ClN4OS/c1-10-8-18-16(23-10)19-15(22)13-11(2)20-21(14(13)17)9-12-6-4-3-5-7-12/h3-8H,9H2,1-2H3,(H,18,19,22). The Kier molecular flexibility index (Phi) is 4.45. The van der Waals surface area contributed by atoms with E-state index >= 15 is 0 Å². The van der Waals surface area contributed by atoms with Crippen LogP contribution in [0, 0.1) is 13.8 Å². The summed E-state index contributed by atoms with van der Waals surface area (Å²) in [7, 11) is 0. The van der Waals surface area contributed by atoms with Crippen LogP contribution in [0.25, 0.3) is 0 Å². The van der Waals surface area contributed by atoms with E-state index in [1.165, 1.54) is 11.3 Å². The van der Waals surface area contributed by atoms with Crippen LogP contribution in [-0.4, -0.2) is 20.7 Å². The smallest absolute Gasteiger partial charge is 0.262 e. The lowest BCUT2D eigenvalue weighted by molar-refractivity contribution is 0.102. The van der Waals surface area contributed by atoms with Gasteiger partial charge in [0.05, 0.1) is 17.8 Å². The molecule has 0 spiro atoms. The van der Waals surface area contributed by atoms with Gasteiger partial charge < -0.3 is 0 Å². The Balaban J connectivity index is 1.84. The van der Waals surface area contributed by atoms with Gasteiger partial charge in [-0.1, -0.05) is 41.9 Å². The maximum Gasteiger partial charge on any atom is 0.262 e. The molecule has 7 heteroatoms. The van der Waals surface area contributed by atoms with Crippen molar-refractivity contribution in [3.8, 4) is 0 Å². The quantitative estimate of drug-likeness (QED) is 0.779. The summed E-state index contributed by atoms with van der Waals surface area (Å²) in [6.45, 7) is 4.23. The Morgan fingerprint density at radius 1 is 1.30 bits per heavy atom. The van der Waals surface area contributed by atoms with Crippen LogP contribution in [0.5, 0.6) is 0 Å². The molecule has 2 aromatic heterocycles. The molecule has 3 rings (SSSR count). The number of thiazole rings is 1. The normalized spacial score (nSPS) is 10.7. The zero-order valence-corrected chi connectivity index (χ0v) is 14.3. The maximum atomic E-state index is 12.4. The second kappa shape index (κ2) is 6.52. The van der Waals surface area contributed by atoms with E-state index in [1.54, 1.807) is 17.8 Å². The van der Waals surface area contributed by atoms with E-state index in [0.29, 0.717) is 28.1 Å². The van der Waals surface area contributed by atoms with Crippen molar-refractivity contribution >= 4 is 34.0 Å². The first-order valence-corrected chi connectivity index (χ1v) is 8.24. The van der Waals surface area contributed by atoms with Crippen molar-refractivity contribution in [1.82, 2.24) is 14.8 Å². The third-order valence-electron chi connectivity index (χ3n) is 3.31. The van der Waals surface area contributed by atoms with Crippen molar-refractivity contribution in [2.45, 2.75) is 20.4 Å². The van der Waals surface area contributed by atoms with E-state index in [0.717, 1.165) is 10.4 Å². The number of carbonyl (C=O) groups excluding carboxylic acids is 1. The highest BCUT2D eigenvalue weighted by Gasteiger charge is 2.21. The van der Waals surface area contributed by atoms with E-state index in [1.807, 2.05) is 37.3 Å². The zero-order chi connectivity index (χ0) is 16.4. The fourth-order valence-corrected chi connectivity index (χ4v) is 3.22. The second-order valence-electron chi connectivity index (χ2n) is 5.12. The Morgan fingerprint density at radius 3 is 2.70 bits per heavy atom. The van der Waals surface area contributed by atoms with Crippen molar-refractivity contribution in [2.75, 3.05) is 5.32 Å². The van der Waals surface area contributed by atoms with Gasteiger partial charge in [0, 0.05) is 11.1 Å². The highest BCUT2D eigenvalue weighted by atomic mass is 35.5. The maximum absolute atomic E-state index is 12.4. The Morgan fingerprint density at radius 2 is 2.04 bits per heavy atom. The fourth-order valence-electron chi connectivity index (χ4n) is 2.24. The molecule has 3 aromatic rings. The molecule has 0 saturated carbocycles. The number of aromatic nitrogens is 3. The number of benzene rings is 1. The summed E-state index contributed by atoms with van der Waals surface area (Å²) in [5, 5.41) is 8.03. The molecular weight excluding hydrogens is 332 g/mol. The van der Waals surface area contributed by atoms with Crippen LogP contribution >= 0.6 is 22.9 Å². The monoisotopic (exact) mass is 346 g/mol. The minimum absolute atomic E-state index is 0.291. The number of halogens is 1. The summed E-state index contributed by atoms with van der Waals surface area (Å²) in [5.41, 5.74) is 2.05. The molecule has 0 bridgehead atoms. The molecule has 1 aromatic carbocycles. The predicted molar refractivity (Wildman–Crippen MR) is 92.3 cm³/mol. The lowest BCUT2D eigenvalue weighted by atomic mass is 10.2. The van der Waals surface area contributed by atoms with Gasteiger partial charge in [-0.05, 0) is 19.4 Å². The van der Waals surface area contributed by atoms with Crippen molar-refractivity contribution in [3.63, 3.8) is 0 Å².